The predicted molar refractivity (Wildman–Crippen MR) is 116 cm³/mol. The van der Waals surface area contributed by atoms with E-state index in [2.05, 4.69) is 5.10 Å². The van der Waals surface area contributed by atoms with Crippen LogP contribution in [0, 0.1) is 6.92 Å². The lowest BCUT2D eigenvalue weighted by atomic mass is 10.3. The number of aromatic nitrogens is 2. The number of aryl methyl sites for hydroxylation is 2. The summed E-state index contributed by atoms with van der Waals surface area (Å²) in [5, 5.41) is 4.54. The van der Waals surface area contributed by atoms with Crippen molar-refractivity contribution < 1.29 is 19.0 Å². The Morgan fingerprint density at radius 3 is 2.20 bits per heavy atom. The quantitative estimate of drug-likeness (QED) is 0.282. The molecule has 0 saturated heterocycles. The monoisotopic (exact) mass is 466 g/mol. The van der Waals surface area contributed by atoms with Gasteiger partial charge in [0.25, 0.3) is 0 Å². The minimum Gasteiger partial charge on any atom is -0.459 e. The fourth-order valence-electron chi connectivity index (χ4n) is 2.57. The fourth-order valence-corrected chi connectivity index (χ4v) is 2.85. The smallest absolute Gasteiger partial charge is 0.228 e. The van der Waals surface area contributed by atoms with Crippen LogP contribution in [0.3, 0.4) is 0 Å². The van der Waals surface area contributed by atoms with Crippen LogP contribution in [0.25, 0.3) is 0 Å². The number of benzene rings is 2. The summed E-state index contributed by atoms with van der Waals surface area (Å²) in [5.74, 6) is 2.74. The van der Waals surface area contributed by atoms with Gasteiger partial charge in [-0.15, -0.1) is 0 Å². The summed E-state index contributed by atoms with van der Waals surface area (Å²) in [6.07, 6.45) is 0.725. The number of ether oxygens (including phenoxy) is 3. The van der Waals surface area contributed by atoms with Crippen LogP contribution >= 0.6 is 34.8 Å². The maximum Gasteiger partial charge on any atom is 0.228 e. The van der Waals surface area contributed by atoms with E-state index in [9.17, 15) is 4.79 Å². The van der Waals surface area contributed by atoms with Gasteiger partial charge in [0.15, 0.2) is 6.29 Å². The van der Waals surface area contributed by atoms with Gasteiger partial charge in [-0.2, -0.15) is 5.10 Å². The first-order valence-electron chi connectivity index (χ1n) is 8.72. The molecule has 0 aliphatic heterocycles. The maximum absolute atomic E-state index is 11.3. The van der Waals surface area contributed by atoms with Gasteiger partial charge in [0, 0.05) is 13.1 Å². The number of allylic oxidation sites excluding steroid dienone is 1. The van der Waals surface area contributed by atoms with Crippen molar-refractivity contribution in [2.75, 3.05) is 0 Å². The molecule has 0 N–H and O–H groups in total. The summed E-state index contributed by atoms with van der Waals surface area (Å²) in [7, 11) is 1.71. The van der Waals surface area contributed by atoms with Crippen molar-refractivity contribution in [2.45, 2.75) is 13.8 Å². The topological polar surface area (TPSA) is 62.6 Å². The van der Waals surface area contributed by atoms with Crippen LogP contribution in [-0.4, -0.2) is 16.1 Å². The van der Waals surface area contributed by atoms with Crippen LogP contribution in [-0.2, 0) is 7.05 Å². The summed E-state index contributed by atoms with van der Waals surface area (Å²) in [6, 6.07) is 11.8. The van der Waals surface area contributed by atoms with Crippen LogP contribution in [0.2, 0.25) is 5.02 Å². The first-order chi connectivity index (χ1) is 14.3. The van der Waals surface area contributed by atoms with E-state index >= 15 is 0 Å². The predicted octanol–water partition coefficient (Wildman–Crippen LogP) is 6.82. The fraction of sp³-hybridized carbons (Fsp3) is 0.143. The van der Waals surface area contributed by atoms with Gasteiger partial charge in [0.1, 0.15) is 33.2 Å². The van der Waals surface area contributed by atoms with Gasteiger partial charge in [0.05, 0.1) is 16.3 Å². The highest BCUT2D eigenvalue weighted by atomic mass is 35.5. The number of hydrogen-bond donors (Lipinski definition) is 0. The average Bonchev–Trinajstić information content (AvgIpc) is 2.97. The molecule has 0 atom stereocenters. The summed E-state index contributed by atoms with van der Waals surface area (Å²) >= 11 is 17.6. The van der Waals surface area contributed by atoms with Gasteiger partial charge in [-0.1, -0.05) is 34.8 Å². The Bertz CT molecular complexity index is 1100. The second kappa shape index (κ2) is 9.43. The number of halogens is 3. The molecule has 3 aromatic rings. The van der Waals surface area contributed by atoms with Gasteiger partial charge < -0.3 is 14.2 Å². The lowest BCUT2D eigenvalue weighted by Gasteiger charge is -2.11. The Kier molecular flexibility index (Phi) is 6.92. The zero-order valence-electron chi connectivity index (χ0n) is 16.3. The van der Waals surface area contributed by atoms with Gasteiger partial charge in [-0.05, 0) is 50.2 Å². The SMILES string of the molecule is CC(Oc1ccc(Oc2ccc(Oc3c(C=O)c(C)nn3C)cc2)c(Cl)c1)=C(Cl)Cl. The van der Waals surface area contributed by atoms with E-state index in [1.54, 1.807) is 63.4 Å². The molecule has 30 heavy (non-hydrogen) atoms. The lowest BCUT2D eigenvalue weighted by molar-refractivity contribution is 0.112. The summed E-state index contributed by atoms with van der Waals surface area (Å²) in [5.41, 5.74) is 1.01. The number of rotatable bonds is 7. The van der Waals surface area contributed by atoms with Crippen LogP contribution in [0.1, 0.15) is 23.0 Å². The van der Waals surface area contributed by atoms with E-state index in [1.165, 1.54) is 4.68 Å². The third-order valence-corrected chi connectivity index (χ3v) is 4.87. The Morgan fingerprint density at radius 1 is 1.03 bits per heavy atom. The number of carbonyl (C=O) groups is 1. The molecule has 6 nitrogen and oxygen atoms in total. The second-order valence-corrected chi connectivity index (χ2v) is 7.59. The standard InChI is InChI=1S/C21H17Cl3N2O4/c1-12-17(11-27)21(26(3)25-12)30-15-6-4-14(5-7-15)29-19-9-8-16(10-18(19)22)28-13(2)20(23)24/h4-11H,1-3H3. The molecule has 9 heteroatoms. The van der Waals surface area contributed by atoms with Gasteiger partial charge in [-0.3, -0.25) is 4.79 Å². The Hall–Kier alpha value is -2.67. The Labute approximate surface area is 188 Å². The normalized spacial score (nSPS) is 10.5. The first-order valence-corrected chi connectivity index (χ1v) is 9.85. The van der Waals surface area contributed by atoms with E-state index in [0.717, 1.165) is 6.29 Å². The Morgan fingerprint density at radius 2 is 1.63 bits per heavy atom. The zero-order valence-corrected chi connectivity index (χ0v) is 18.5. The van der Waals surface area contributed by atoms with Crippen molar-refractivity contribution in [3.8, 4) is 28.9 Å². The van der Waals surface area contributed by atoms with E-state index in [0.29, 0.717) is 50.9 Å². The summed E-state index contributed by atoms with van der Waals surface area (Å²) in [6.45, 7) is 3.39. The maximum atomic E-state index is 11.3. The molecule has 2 aromatic carbocycles. The minimum absolute atomic E-state index is 0.0373. The number of nitrogens with zero attached hydrogens (tertiary/aromatic N) is 2. The molecule has 0 bridgehead atoms. The summed E-state index contributed by atoms with van der Waals surface area (Å²) in [4.78, 5) is 11.3. The lowest BCUT2D eigenvalue weighted by Crippen LogP contribution is -1.96. The molecule has 0 aliphatic carbocycles. The van der Waals surface area contributed by atoms with Crippen molar-refractivity contribution >= 4 is 41.1 Å². The van der Waals surface area contributed by atoms with Crippen molar-refractivity contribution in [2.24, 2.45) is 7.05 Å². The molecule has 0 unspecified atom stereocenters. The highest BCUT2D eigenvalue weighted by Crippen LogP contribution is 2.34. The largest absolute Gasteiger partial charge is 0.459 e. The molecule has 3 rings (SSSR count). The molecule has 0 fully saturated rings. The third kappa shape index (κ3) is 5.08. The highest BCUT2D eigenvalue weighted by Gasteiger charge is 2.15. The van der Waals surface area contributed by atoms with Gasteiger partial charge in [-0.25, -0.2) is 4.68 Å². The zero-order chi connectivity index (χ0) is 21.8. The molecule has 0 spiro atoms. The first kappa shape index (κ1) is 22.0. The molecule has 0 radical (unpaired) electrons. The molecule has 156 valence electrons. The van der Waals surface area contributed by atoms with Crippen molar-refractivity contribution in [1.82, 2.24) is 9.78 Å². The third-order valence-electron chi connectivity index (χ3n) is 4.04. The van der Waals surface area contributed by atoms with Gasteiger partial charge >= 0.3 is 0 Å². The van der Waals surface area contributed by atoms with E-state index < -0.39 is 0 Å². The summed E-state index contributed by atoms with van der Waals surface area (Å²) < 4.78 is 18.7. The van der Waals surface area contributed by atoms with E-state index in [-0.39, 0.29) is 4.49 Å². The molecular weight excluding hydrogens is 451 g/mol. The highest BCUT2D eigenvalue weighted by molar-refractivity contribution is 6.56. The molecule has 0 saturated carbocycles. The number of aldehydes is 1. The second-order valence-electron chi connectivity index (χ2n) is 6.23. The van der Waals surface area contributed by atoms with Crippen molar-refractivity contribution in [3.05, 3.63) is 69.0 Å². The average molecular weight is 468 g/mol. The molecule has 1 heterocycles. The van der Waals surface area contributed by atoms with Crippen LogP contribution < -0.4 is 14.2 Å². The number of hydrogen-bond acceptors (Lipinski definition) is 5. The van der Waals surface area contributed by atoms with Gasteiger partial charge in [0.2, 0.25) is 5.88 Å². The molecule has 0 aliphatic rings. The van der Waals surface area contributed by atoms with Crippen LogP contribution in [0.4, 0.5) is 0 Å². The molecule has 1 aromatic heterocycles. The van der Waals surface area contributed by atoms with E-state index in [4.69, 9.17) is 49.0 Å². The minimum atomic E-state index is 0.0373. The molecule has 0 amide bonds. The molecular formula is C21H17Cl3N2O4. The van der Waals surface area contributed by atoms with Crippen LogP contribution in [0.15, 0.2) is 52.7 Å². The van der Waals surface area contributed by atoms with E-state index in [1.807, 2.05) is 0 Å². The Balaban J connectivity index is 1.72. The van der Waals surface area contributed by atoms with Crippen molar-refractivity contribution in [3.63, 3.8) is 0 Å². The van der Waals surface area contributed by atoms with Crippen molar-refractivity contribution in [1.29, 1.82) is 0 Å². The van der Waals surface area contributed by atoms with Crippen LogP contribution in [0.5, 0.6) is 28.9 Å². The number of carbonyl (C=O) groups excluding carboxylic acids is 1.